The molecule has 0 unspecified atom stereocenters. The number of anilines is 1. The summed E-state index contributed by atoms with van der Waals surface area (Å²) in [6.07, 6.45) is 2.34. The first-order valence-corrected chi connectivity index (χ1v) is 9.50. The minimum atomic E-state index is -0.203. The molecule has 3 aromatic rings. The maximum Gasteiger partial charge on any atom is 0.272 e. The number of hydrogen-bond donors (Lipinski definition) is 2. The number of rotatable bonds is 4. The van der Waals surface area contributed by atoms with Crippen LogP contribution in [0.4, 0.5) is 5.69 Å². The van der Waals surface area contributed by atoms with Gasteiger partial charge in [-0.2, -0.15) is 0 Å². The van der Waals surface area contributed by atoms with E-state index in [2.05, 4.69) is 22.2 Å². The first-order chi connectivity index (χ1) is 13.1. The van der Waals surface area contributed by atoms with Crippen molar-refractivity contribution in [2.75, 3.05) is 25.5 Å². The van der Waals surface area contributed by atoms with Crippen molar-refractivity contribution < 1.29 is 9.53 Å². The number of amides is 1. The molecule has 1 saturated heterocycles. The second-order valence-corrected chi connectivity index (χ2v) is 7.39. The van der Waals surface area contributed by atoms with Gasteiger partial charge in [0.25, 0.3) is 5.91 Å². The van der Waals surface area contributed by atoms with Crippen molar-refractivity contribution >= 4 is 34.1 Å². The van der Waals surface area contributed by atoms with E-state index in [0.29, 0.717) is 10.7 Å². The van der Waals surface area contributed by atoms with Crippen molar-refractivity contribution in [3.8, 4) is 5.75 Å². The fourth-order valence-corrected chi connectivity index (χ4v) is 3.58. The SMILES string of the molecule is CN1CCC(Oc2ccc(NC(=O)c3cc4c(Cl)cccc4[nH]3)cc2)CC1. The highest BCUT2D eigenvalue weighted by Gasteiger charge is 2.18. The summed E-state index contributed by atoms with van der Waals surface area (Å²) in [6, 6.07) is 14.8. The molecule has 0 aliphatic carbocycles. The van der Waals surface area contributed by atoms with Gasteiger partial charge in [-0.15, -0.1) is 0 Å². The zero-order valence-electron chi connectivity index (χ0n) is 15.2. The van der Waals surface area contributed by atoms with Crippen molar-refractivity contribution in [2.45, 2.75) is 18.9 Å². The molecule has 0 spiro atoms. The van der Waals surface area contributed by atoms with Gasteiger partial charge in [-0.25, -0.2) is 0 Å². The van der Waals surface area contributed by atoms with Crippen LogP contribution in [0.2, 0.25) is 5.02 Å². The molecule has 27 heavy (non-hydrogen) atoms. The molecule has 2 aromatic carbocycles. The molecule has 1 aliphatic heterocycles. The van der Waals surface area contributed by atoms with Gasteiger partial charge in [0.1, 0.15) is 17.5 Å². The number of fused-ring (bicyclic) bond motifs is 1. The predicted molar refractivity (Wildman–Crippen MR) is 109 cm³/mol. The number of benzene rings is 2. The van der Waals surface area contributed by atoms with Crippen LogP contribution in [0.5, 0.6) is 5.75 Å². The van der Waals surface area contributed by atoms with Crippen LogP contribution in [0.25, 0.3) is 10.9 Å². The average Bonchev–Trinajstić information content (AvgIpc) is 3.11. The van der Waals surface area contributed by atoms with Gasteiger partial charge in [0.2, 0.25) is 0 Å². The molecule has 0 atom stereocenters. The lowest BCUT2D eigenvalue weighted by Gasteiger charge is -2.29. The van der Waals surface area contributed by atoms with E-state index in [0.717, 1.165) is 48.3 Å². The predicted octanol–water partition coefficient (Wildman–Crippen LogP) is 4.55. The first kappa shape index (κ1) is 17.9. The lowest BCUT2D eigenvalue weighted by atomic mass is 10.1. The molecule has 140 valence electrons. The Morgan fingerprint density at radius 2 is 1.93 bits per heavy atom. The Balaban J connectivity index is 1.40. The first-order valence-electron chi connectivity index (χ1n) is 9.12. The molecule has 0 bridgehead atoms. The van der Waals surface area contributed by atoms with Crippen molar-refractivity contribution in [1.29, 1.82) is 0 Å². The smallest absolute Gasteiger partial charge is 0.272 e. The fraction of sp³-hybridized carbons (Fsp3) is 0.286. The Kier molecular flexibility index (Phi) is 5.05. The lowest BCUT2D eigenvalue weighted by Crippen LogP contribution is -2.35. The van der Waals surface area contributed by atoms with Crippen LogP contribution in [0, 0.1) is 0 Å². The second kappa shape index (κ2) is 7.62. The maximum atomic E-state index is 12.5. The minimum Gasteiger partial charge on any atom is -0.490 e. The number of H-pyrrole nitrogens is 1. The highest BCUT2D eigenvalue weighted by Crippen LogP contribution is 2.25. The minimum absolute atomic E-state index is 0.203. The van der Waals surface area contributed by atoms with E-state index in [-0.39, 0.29) is 12.0 Å². The summed E-state index contributed by atoms with van der Waals surface area (Å²) < 4.78 is 6.04. The van der Waals surface area contributed by atoms with E-state index in [1.165, 1.54) is 0 Å². The Morgan fingerprint density at radius 1 is 1.19 bits per heavy atom. The number of nitrogens with zero attached hydrogens (tertiary/aromatic N) is 1. The topological polar surface area (TPSA) is 57.4 Å². The number of carbonyl (C=O) groups is 1. The molecule has 2 heterocycles. The van der Waals surface area contributed by atoms with Gasteiger partial charge in [-0.1, -0.05) is 17.7 Å². The van der Waals surface area contributed by atoms with E-state index in [4.69, 9.17) is 16.3 Å². The Morgan fingerprint density at radius 3 is 2.63 bits per heavy atom. The summed E-state index contributed by atoms with van der Waals surface area (Å²) in [5.74, 6) is 0.631. The second-order valence-electron chi connectivity index (χ2n) is 6.98. The molecular formula is C21H22ClN3O2. The van der Waals surface area contributed by atoms with Crippen molar-refractivity contribution in [1.82, 2.24) is 9.88 Å². The largest absolute Gasteiger partial charge is 0.490 e. The Hall–Kier alpha value is -2.50. The Bertz CT molecular complexity index is 944. The normalized spacial score (nSPS) is 15.8. The van der Waals surface area contributed by atoms with Crippen LogP contribution >= 0.6 is 11.6 Å². The summed E-state index contributed by atoms with van der Waals surface area (Å²) in [7, 11) is 2.13. The maximum absolute atomic E-state index is 12.5. The van der Waals surface area contributed by atoms with E-state index in [9.17, 15) is 4.79 Å². The molecule has 1 amide bonds. The van der Waals surface area contributed by atoms with Gasteiger partial charge in [0.15, 0.2) is 0 Å². The van der Waals surface area contributed by atoms with Gasteiger partial charge < -0.3 is 19.9 Å². The number of aromatic nitrogens is 1. The summed E-state index contributed by atoms with van der Waals surface area (Å²) in [6.45, 7) is 2.13. The Labute approximate surface area is 163 Å². The molecule has 0 radical (unpaired) electrons. The third kappa shape index (κ3) is 4.10. The molecule has 1 fully saturated rings. The van der Waals surface area contributed by atoms with Gasteiger partial charge in [0, 0.05) is 34.7 Å². The van der Waals surface area contributed by atoms with Crippen LogP contribution in [0.3, 0.4) is 0 Å². The zero-order chi connectivity index (χ0) is 18.8. The number of halogens is 1. The van der Waals surface area contributed by atoms with Crippen molar-refractivity contribution in [3.05, 3.63) is 59.2 Å². The van der Waals surface area contributed by atoms with E-state index in [1.54, 1.807) is 6.07 Å². The van der Waals surface area contributed by atoms with Crippen LogP contribution < -0.4 is 10.1 Å². The number of likely N-dealkylation sites (tertiary alicyclic amines) is 1. The summed E-state index contributed by atoms with van der Waals surface area (Å²) in [4.78, 5) is 17.9. The van der Waals surface area contributed by atoms with Crippen LogP contribution in [0.15, 0.2) is 48.5 Å². The highest BCUT2D eigenvalue weighted by molar-refractivity contribution is 6.35. The van der Waals surface area contributed by atoms with Gasteiger partial charge in [-0.3, -0.25) is 4.79 Å². The van der Waals surface area contributed by atoms with Gasteiger partial charge >= 0.3 is 0 Å². The zero-order valence-corrected chi connectivity index (χ0v) is 15.9. The van der Waals surface area contributed by atoms with E-state index in [1.807, 2.05) is 42.5 Å². The number of aromatic amines is 1. The average molecular weight is 384 g/mol. The van der Waals surface area contributed by atoms with E-state index >= 15 is 0 Å². The monoisotopic (exact) mass is 383 g/mol. The summed E-state index contributed by atoms with van der Waals surface area (Å²) in [5, 5.41) is 4.36. The number of carbonyl (C=O) groups excluding carboxylic acids is 1. The van der Waals surface area contributed by atoms with Crippen molar-refractivity contribution in [3.63, 3.8) is 0 Å². The van der Waals surface area contributed by atoms with E-state index < -0.39 is 0 Å². The lowest BCUT2D eigenvalue weighted by molar-refractivity contribution is 0.102. The molecule has 2 N–H and O–H groups in total. The molecule has 6 heteroatoms. The molecular weight excluding hydrogens is 362 g/mol. The molecule has 5 nitrogen and oxygen atoms in total. The standard InChI is InChI=1S/C21H22ClN3O2/c1-25-11-9-16(10-12-25)27-15-7-5-14(6-8-15)23-21(26)20-13-17-18(22)3-2-4-19(17)24-20/h2-8,13,16,24H,9-12H2,1H3,(H,23,26). The third-order valence-electron chi connectivity index (χ3n) is 4.94. The molecule has 1 aromatic heterocycles. The fourth-order valence-electron chi connectivity index (χ4n) is 3.35. The summed E-state index contributed by atoms with van der Waals surface area (Å²) >= 11 is 6.17. The van der Waals surface area contributed by atoms with Crippen LogP contribution in [0.1, 0.15) is 23.3 Å². The highest BCUT2D eigenvalue weighted by atomic mass is 35.5. The number of nitrogens with one attached hydrogen (secondary N) is 2. The number of hydrogen-bond acceptors (Lipinski definition) is 3. The molecule has 4 rings (SSSR count). The quantitative estimate of drug-likeness (QED) is 0.695. The third-order valence-corrected chi connectivity index (χ3v) is 5.27. The molecule has 1 aliphatic rings. The number of ether oxygens (including phenoxy) is 1. The van der Waals surface area contributed by atoms with Crippen LogP contribution in [-0.2, 0) is 0 Å². The number of piperidine rings is 1. The van der Waals surface area contributed by atoms with Gasteiger partial charge in [0.05, 0.1) is 0 Å². The van der Waals surface area contributed by atoms with Crippen molar-refractivity contribution in [2.24, 2.45) is 0 Å². The van der Waals surface area contributed by atoms with Crippen LogP contribution in [-0.4, -0.2) is 42.0 Å². The van der Waals surface area contributed by atoms with Gasteiger partial charge in [-0.05, 0) is 62.4 Å². The molecule has 0 saturated carbocycles. The summed E-state index contributed by atoms with van der Waals surface area (Å²) in [5.41, 5.74) is 2.04.